The maximum atomic E-state index is 10.2. The van der Waals surface area contributed by atoms with Crippen LogP contribution >= 0.6 is 15.9 Å². The molecule has 0 aromatic heterocycles. The van der Waals surface area contributed by atoms with Gasteiger partial charge in [-0.15, -0.1) is 0 Å². The molecule has 1 aromatic carbocycles. The molecule has 0 aliphatic carbocycles. The Morgan fingerprint density at radius 2 is 1.93 bits per heavy atom. The minimum Gasteiger partial charge on any atom is -0.545 e. The first-order chi connectivity index (χ1) is 7.08. The van der Waals surface area contributed by atoms with Gasteiger partial charge in [-0.1, -0.05) is 40.2 Å². The van der Waals surface area contributed by atoms with Crippen LogP contribution in [0, 0.1) is 0 Å². The first-order valence-corrected chi connectivity index (χ1v) is 5.20. The van der Waals surface area contributed by atoms with E-state index < -0.39 is 5.97 Å². The summed E-state index contributed by atoms with van der Waals surface area (Å²) in [4.78, 5) is 10.2. The highest BCUT2D eigenvalue weighted by Crippen LogP contribution is 2.12. The van der Waals surface area contributed by atoms with E-state index in [2.05, 4.69) is 15.9 Å². The minimum atomic E-state index is -1.17. The largest absolute Gasteiger partial charge is 0.545 e. The Kier molecular flexibility index (Phi) is 4.31. The van der Waals surface area contributed by atoms with Crippen LogP contribution < -0.4 is 5.11 Å². The highest BCUT2D eigenvalue weighted by Gasteiger charge is 1.87. The van der Waals surface area contributed by atoms with Gasteiger partial charge in [0.05, 0.1) is 5.97 Å². The molecule has 78 valence electrons. The number of carbonyl (C=O) groups is 1. The number of halogens is 1. The molecule has 0 saturated heterocycles. The quantitative estimate of drug-likeness (QED) is 0.621. The van der Waals surface area contributed by atoms with Crippen LogP contribution in [0.2, 0.25) is 0 Å². The van der Waals surface area contributed by atoms with Crippen molar-refractivity contribution in [3.8, 4) is 0 Å². The van der Waals surface area contributed by atoms with Crippen LogP contribution in [0.25, 0.3) is 6.08 Å². The molecule has 0 radical (unpaired) electrons. The summed E-state index contributed by atoms with van der Waals surface area (Å²) < 4.78 is 1.02. The molecule has 0 atom stereocenters. The smallest absolute Gasteiger partial charge is 0.0645 e. The third kappa shape index (κ3) is 4.61. The van der Waals surface area contributed by atoms with E-state index in [9.17, 15) is 9.90 Å². The Labute approximate surface area is 97.1 Å². The Hall–Kier alpha value is -1.35. The molecule has 2 nitrogen and oxygen atoms in total. The fraction of sp³-hybridized carbons (Fsp3) is 0.0833. The van der Waals surface area contributed by atoms with Gasteiger partial charge in [0.25, 0.3) is 0 Å². The number of rotatable bonds is 3. The highest BCUT2D eigenvalue weighted by atomic mass is 79.9. The van der Waals surface area contributed by atoms with Crippen LogP contribution in [-0.4, -0.2) is 5.97 Å². The van der Waals surface area contributed by atoms with Gasteiger partial charge in [0.15, 0.2) is 0 Å². The zero-order chi connectivity index (χ0) is 11.3. The summed E-state index contributed by atoms with van der Waals surface area (Å²) in [6.45, 7) is 1.71. The minimum absolute atomic E-state index is 0.651. The second-order valence-corrected chi connectivity index (χ2v) is 4.01. The molecule has 0 fully saturated rings. The number of aliphatic carboxylic acids is 1. The summed E-state index contributed by atoms with van der Waals surface area (Å²) in [6, 6.07) is 7.73. The predicted octanol–water partition coefficient (Wildman–Crippen LogP) is 2.16. The molecular formula is C12H10BrO2-. The molecule has 0 spiro atoms. The second-order valence-electron chi connectivity index (χ2n) is 3.09. The lowest BCUT2D eigenvalue weighted by atomic mass is 10.1. The van der Waals surface area contributed by atoms with E-state index in [4.69, 9.17) is 0 Å². The van der Waals surface area contributed by atoms with E-state index in [1.54, 1.807) is 13.0 Å². The fourth-order valence-electron chi connectivity index (χ4n) is 1.04. The monoisotopic (exact) mass is 265 g/mol. The van der Waals surface area contributed by atoms with Crippen molar-refractivity contribution in [2.75, 3.05) is 0 Å². The third-order valence-electron chi connectivity index (χ3n) is 1.75. The van der Waals surface area contributed by atoms with Crippen molar-refractivity contribution in [1.29, 1.82) is 0 Å². The maximum absolute atomic E-state index is 10.2. The lowest BCUT2D eigenvalue weighted by Crippen LogP contribution is -2.19. The van der Waals surface area contributed by atoms with Crippen molar-refractivity contribution in [2.24, 2.45) is 0 Å². The highest BCUT2D eigenvalue weighted by molar-refractivity contribution is 9.10. The van der Waals surface area contributed by atoms with Crippen molar-refractivity contribution in [1.82, 2.24) is 0 Å². The number of carbonyl (C=O) groups excluding carboxylic acids is 1. The SMILES string of the molecule is CC(C=Cc1ccc(Br)cc1)=CC(=O)[O-]. The van der Waals surface area contributed by atoms with Gasteiger partial charge in [-0.25, -0.2) is 0 Å². The van der Waals surface area contributed by atoms with Crippen LogP contribution in [0.15, 0.2) is 46.5 Å². The zero-order valence-corrected chi connectivity index (χ0v) is 9.82. The number of carboxylic acid groups (broad SMARTS) is 1. The van der Waals surface area contributed by atoms with E-state index >= 15 is 0 Å². The molecule has 3 heteroatoms. The van der Waals surface area contributed by atoms with Crippen LogP contribution in [0.4, 0.5) is 0 Å². The van der Waals surface area contributed by atoms with Gasteiger partial charge in [-0.2, -0.15) is 0 Å². The van der Waals surface area contributed by atoms with Crippen molar-refractivity contribution >= 4 is 28.0 Å². The molecule has 0 heterocycles. The van der Waals surface area contributed by atoms with Gasteiger partial charge < -0.3 is 9.90 Å². The second kappa shape index (κ2) is 5.51. The molecule has 0 aliphatic heterocycles. The number of hydrogen-bond acceptors (Lipinski definition) is 2. The Bertz CT molecular complexity index is 402. The summed E-state index contributed by atoms with van der Waals surface area (Å²) >= 11 is 3.34. The van der Waals surface area contributed by atoms with Gasteiger partial charge in [0.1, 0.15) is 0 Å². The van der Waals surface area contributed by atoms with E-state index in [1.807, 2.05) is 30.3 Å². The van der Waals surface area contributed by atoms with E-state index in [0.717, 1.165) is 16.1 Å². The Balaban J connectivity index is 2.73. The first kappa shape index (κ1) is 11.7. The van der Waals surface area contributed by atoms with Crippen LogP contribution in [0.1, 0.15) is 12.5 Å². The Morgan fingerprint density at radius 3 is 2.47 bits per heavy atom. The van der Waals surface area contributed by atoms with Crippen molar-refractivity contribution in [2.45, 2.75) is 6.92 Å². The predicted molar refractivity (Wildman–Crippen MR) is 61.9 cm³/mol. The zero-order valence-electron chi connectivity index (χ0n) is 8.24. The number of benzene rings is 1. The fourth-order valence-corrected chi connectivity index (χ4v) is 1.30. The number of hydrogen-bond donors (Lipinski definition) is 0. The number of carboxylic acids is 1. The lowest BCUT2D eigenvalue weighted by Gasteiger charge is -1.96. The topological polar surface area (TPSA) is 40.1 Å². The molecule has 1 aromatic rings. The molecule has 1 rings (SSSR count). The molecular weight excluding hydrogens is 256 g/mol. The van der Waals surface area contributed by atoms with Gasteiger partial charge in [0, 0.05) is 4.47 Å². The summed E-state index contributed by atoms with van der Waals surface area (Å²) in [7, 11) is 0. The summed E-state index contributed by atoms with van der Waals surface area (Å²) in [5.74, 6) is -1.17. The molecule has 0 N–H and O–H groups in total. The molecule has 0 saturated carbocycles. The van der Waals surface area contributed by atoms with Gasteiger partial charge >= 0.3 is 0 Å². The summed E-state index contributed by atoms with van der Waals surface area (Å²) in [5.41, 5.74) is 1.67. The van der Waals surface area contributed by atoms with Gasteiger partial charge in [-0.3, -0.25) is 0 Å². The van der Waals surface area contributed by atoms with Gasteiger partial charge in [0.2, 0.25) is 0 Å². The van der Waals surface area contributed by atoms with E-state index in [-0.39, 0.29) is 0 Å². The van der Waals surface area contributed by atoms with Crippen molar-refractivity contribution < 1.29 is 9.90 Å². The lowest BCUT2D eigenvalue weighted by molar-refractivity contribution is -0.297. The summed E-state index contributed by atoms with van der Waals surface area (Å²) in [5, 5.41) is 10.2. The van der Waals surface area contributed by atoms with Crippen LogP contribution in [-0.2, 0) is 4.79 Å². The third-order valence-corrected chi connectivity index (χ3v) is 2.28. The normalized spacial score (nSPS) is 12.0. The molecule has 0 aliphatic rings. The maximum Gasteiger partial charge on any atom is 0.0645 e. The molecule has 0 unspecified atom stereocenters. The molecule has 0 amide bonds. The summed E-state index contributed by atoms with van der Waals surface area (Å²) in [6.07, 6.45) is 4.65. The average Bonchev–Trinajstić information content (AvgIpc) is 2.16. The Morgan fingerprint density at radius 1 is 1.33 bits per heavy atom. The number of allylic oxidation sites excluding steroid dienone is 2. The van der Waals surface area contributed by atoms with E-state index in [0.29, 0.717) is 5.57 Å². The first-order valence-electron chi connectivity index (χ1n) is 4.41. The molecule has 15 heavy (non-hydrogen) atoms. The van der Waals surface area contributed by atoms with Crippen LogP contribution in [0.5, 0.6) is 0 Å². The van der Waals surface area contributed by atoms with Crippen molar-refractivity contribution in [3.05, 3.63) is 52.0 Å². The standard InChI is InChI=1S/C12H11BrO2/c1-9(8-12(14)15)2-3-10-4-6-11(13)7-5-10/h2-8H,1H3,(H,14,15)/p-1. The molecule has 0 bridgehead atoms. The van der Waals surface area contributed by atoms with Crippen molar-refractivity contribution in [3.63, 3.8) is 0 Å². The van der Waals surface area contributed by atoms with E-state index in [1.165, 1.54) is 0 Å². The average molecular weight is 266 g/mol. The van der Waals surface area contributed by atoms with Gasteiger partial charge in [-0.05, 0) is 36.3 Å². The van der Waals surface area contributed by atoms with Crippen LogP contribution in [0.3, 0.4) is 0 Å².